The number of carbonyl (C=O) groups excluding carboxylic acids is 1. The zero-order chi connectivity index (χ0) is 25.5. The summed E-state index contributed by atoms with van der Waals surface area (Å²) in [4.78, 5) is 26.4. The van der Waals surface area contributed by atoms with Gasteiger partial charge in [0.25, 0.3) is 0 Å². The normalized spacial score (nSPS) is 20.6. The van der Waals surface area contributed by atoms with Crippen LogP contribution in [-0.4, -0.2) is 39.7 Å². The lowest BCUT2D eigenvalue weighted by Gasteiger charge is -2.36. The Bertz CT molecular complexity index is 1660. The van der Waals surface area contributed by atoms with Crippen LogP contribution in [0.2, 0.25) is 0 Å². The van der Waals surface area contributed by atoms with Crippen LogP contribution in [0.25, 0.3) is 20.4 Å². The highest BCUT2D eigenvalue weighted by Crippen LogP contribution is 2.45. The van der Waals surface area contributed by atoms with Gasteiger partial charge >= 0.3 is 6.09 Å². The van der Waals surface area contributed by atoms with E-state index in [1.165, 1.54) is 0 Å². The number of amides is 1. The number of ether oxygens (including phenoxy) is 2. The molecule has 1 spiro atoms. The molecule has 2 unspecified atom stereocenters. The van der Waals surface area contributed by atoms with Crippen molar-refractivity contribution in [3.8, 4) is 0 Å². The average Bonchev–Trinajstić information content (AvgIpc) is 3.74. The van der Waals surface area contributed by atoms with Gasteiger partial charge in [0.1, 0.15) is 11.4 Å². The highest BCUT2D eigenvalue weighted by Gasteiger charge is 2.49. The molecule has 9 heteroatoms. The molecule has 5 aromatic rings. The molecule has 2 aliphatic heterocycles. The largest absolute Gasteiger partial charge is 0.445 e. The average molecular weight is 541 g/mol. The van der Waals surface area contributed by atoms with Crippen LogP contribution >= 0.6 is 22.7 Å². The number of benzene rings is 2. The zero-order valence-corrected chi connectivity index (χ0v) is 22.0. The molecule has 0 aliphatic carbocycles. The lowest BCUT2D eigenvalue weighted by Crippen LogP contribution is -2.49. The molecule has 0 radical (unpaired) electrons. The number of hydrogen-bond donors (Lipinski definition) is 1. The van der Waals surface area contributed by atoms with Gasteiger partial charge in [-0.25, -0.2) is 14.8 Å². The monoisotopic (exact) mass is 540 g/mol. The molecule has 7 rings (SSSR count). The molecule has 1 amide bonds. The van der Waals surface area contributed by atoms with Gasteiger partial charge in [0.15, 0.2) is 0 Å². The summed E-state index contributed by atoms with van der Waals surface area (Å²) < 4.78 is 12.7. The second kappa shape index (κ2) is 9.50. The summed E-state index contributed by atoms with van der Waals surface area (Å²) in [5.74, 6) is 0. The number of fused-ring (bicyclic) bond motifs is 2. The maximum Gasteiger partial charge on any atom is 0.411 e. The van der Waals surface area contributed by atoms with Crippen molar-refractivity contribution in [3.05, 3.63) is 95.0 Å². The number of thiophene rings is 1. The summed E-state index contributed by atoms with van der Waals surface area (Å²) in [5.41, 5.74) is 5.23. The third-order valence-electron chi connectivity index (χ3n) is 7.14. The Labute approximate surface area is 227 Å². The summed E-state index contributed by atoms with van der Waals surface area (Å²) in [6, 6.07) is 19.8. The molecule has 5 heterocycles. The zero-order valence-electron chi connectivity index (χ0n) is 20.4. The number of thiazole rings is 1. The van der Waals surface area contributed by atoms with Crippen LogP contribution < -0.4 is 5.32 Å². The highest BCUT2D eigenvalue weighted by atomic mass is 32.1. The van der Waals surface area contributed by atoms with E-state index in [2.05, 4.69) is 51.7 Å². The number of aromatic nitrogens is 2. The lowest BCUT2D eigenvalue weighted by atomic mass is 9.99. The first-order valence-electron chi connectivity index (χ1n) is 12.4. The lowest BCUT2D eigenvalue weighted by molar-refractivity contribution is 0.0498. The molecule has 2 aromatic carbocycles. The van der Waals surface area contributed by atoms with E-state index in [9.17, 15) is 4.79 Å². The number of nitrogens with one attached hydrogen (secondary N) is 1. The maximum absolute atomic E-state index is 13.6. The topological polar surface area (TPSA) is 76.6 Å². The molecule has 3 aromatic heterocycles. The standard InChI is InChI=1S/C29H24N4O3S2/c34-28(36-16-19-4-2-1-3-5-19)33-24(8-10-29(33)11-13-35-17-29)26-15-21-22(9-12-30-27(21)38-26)32-20-6-7-25-23(14-20)31-18-37-25/h1-10,12,14-15,18,24H,11,13,16-17H2,(H,30,32). The van der Waals surface area contributed by atoms with Gasteiger partial charge in [0, 0.05) is 35.2 Å². The van der Waals surface area contributed by atoms with Crippen molar-refractivity contribution < 1.29 is 14.3 Å². The predicted molar refractivity (Wildman–Crippen MR) is 151 cm³/mol. The van der Waals surface area contributed by atoms with Crippen LogP contribution in [0.4, 0.5) is 16.2 Å². The SMILES string of the molecule is O=C(OCc1ccccc1)N1C(c2cc3c(Nc4ccc5scnc5c4)ccnc3s2)C=CC12CCOC2. The smallest absolute Gasteiger partial charge is 0.411 e. The highest BCUT2D eigenvalue weighted by molar-refractivity contribution is 7.18. The quantitative estimate of drug-likeness (QED) is 0.241. The van der Waals surface area contributed by atoms with E-state index in [1.54, 1.807) is 22.7 Å². The first kappa shape index (κ1) is 23.3. The molecular formula is C29H24N4O3S2. The van der Waals surface area contributed by atoms with Gasteiger partial charge in [0.2, 0.25) is 0 Å². The molecule has 1 N–H and O–H groups in total. The maximum atomic E-state index is 13.6. The number of anilines is 2. The molecule has 38 heavy (non-hydrogen) atoms. The first-order valence-corrected chi connectivity index (χ1v) is 14.1. The Kier molecular flexibility index (Phi) is 5.84. The van der Waals surface area contributed by atoms with E-state index < -0.39 is 5.54 Å². The van der Waals surface area contributed by atoms with Gasteiger partial charge in [-0.3, -0.25) is 4.90 Å². The Morgan fingerprint density at radius 2 is 2.08 bits per heavy atom. The van der Waals surface area contributed by atoms with Crippen LogP contribution in [0.1, 0.15) is 22.9 Å². The van der Waals surface area contributed by atoms with E-state index in [-0.39, 0.29) is 18.7 Å². The Hall–Kier alpha value is -3.79. The van der Waals surface area contributed by atoms with Gasteiger partial charge in [0.05, 0.1) is 39.6 Å². The molecule has 7 nitrogen and oxygen atoms in total. The van der Waals surface area contributed by atoms with Gasteiger partial charge in [-0.15, -0.1) is 22.7 Å². The van der Waals surface area contributed by atoms with E-state index in [0.717, 1.165) is 48.7 Å². The van der Waals surface area contributed by atoms with Crippen molar-refractivity contribution in [2.75, 3.05) is 18.5 Å². The number of hydrogen-bond acceptors (Lipinski definition) is 8. The molecule has 2 atom stereocenters. The predicted octanol–water partition coefficient (Wildman–Crippen LogP) is 7.06. The fourth-order valence-corrected chi connectivity index (χ4v) is 6.97. The van der Waals surface area contributed by atoms with Gasteiger partial charge in [-0.05, 0) is 35.9 Å². The van der Waals surface area contributed by atoms with Crippen LogP contribution in [0.3, 0.4) is 0 Å². The second-order valence-electron chi connectivity index (χ2n) is 9.51. The first-order chi connectivity index (χ1) is 18.7. The molecular weight excluding hydrogens is 516 g/mol. The summed E-state index contributed by atoms with van der Waals surface area (Å²) >= 11 is 3.23. The third kappa shape index (κ3) is 4.13. The van der Waals surface area contributed by atoms with Crippen molar-refractivity contribution in [1.82, 2.24) is 14.9 Å². The Balaban J connectivity index is 1.19. The molecule has 1 saturated heterocycles. The summed E-state index contributed by atoms with van der Waals surface area (Å²) in [5, 5.41) is 4.56. The fraction of sp³-hybridized carbons (Fsp3) is 0.207. The summed E-state index contributed by atoms with van der Waals surface area (Å²) in [6.45, 7) is 1.31. The Morgan fingerprint density at radius 1 is 1.16 bits per heavy atom. The van der Waals surface area contributed by atoms with E-state index >= 15 is 0 Å². The molecule has 0 saturated carbocycles. The van der Waals surface area contributed by atoms with Gasteiger partial charge in [-0.2, -0.15) is 0 Å². The van der Waals surface area contributed by atoms with Crippen molar-refractivity contribution >= 4 is 60.6 Å². The van der Waals surface area contributed by atoms with Crippen molar-refractivity contribution in [2.24, 2.45) is 0 Å². The Morgan fingerprint density at radius 3 is 2.95 bits per heavy atom. The van der Waals surface area contributed by atoms with E-state index in [0.29, 0.717) is 13.2 Å². The van der Waals surface area contributed by atoms with Crippen LogP contribution in [-0.2, 0) is 16.1 Å². The van der Waals surface area contributed by atoms with Crippen LogP contribution in [0.15, 0.2) is 84.5 Å². The molecule has 1 fully saturated rings. The molecule has 190 valence electrons. The van der Waals surface area contributed by atoms with Crippen molar-refractivity contribution in [2.45, 2.75) is 24.6 Å². The summed E-state index contributed by atoms with van der Waals surface area (Å²) in [7, 11) is 0. The minimum atomic E-state index is -0.494. The number of carbonyl (C=O) groups is 1. The fourth-order valence-electron chi connectivity index (χ4n) is 5.22. The van der Waals surface area contributed by atoms with Crippen molar-refractivity contribution in [3.63, 3.8) is 0 Å². The third-order valence-corrected chi connectivity index (χ3v) is 9.06. The number of pyridine rings is 1. The van der Waals surface area contributed by atoms with Gasteiger partial charge < -0.3 is 14.8 Å². The van der Waals surface area contributed by atoms with Crippen LogP contribution in [0, 0.1) is 0 Å². The van der Waals surface area contributed by atoms with E-state index in [4.69, 9.17) is 9.47 Å². The second-order valence-corrected chi connectivity index (χ2v) is 11.5. The molecule has 0 bridgehead atoms. The molecule has 2 aliphatic rings. The summed E-state index contributed by atoms with van der Waals surface area (Å²) in [6.07, 6.45) is 6.44. The minimum Gasteiger partial charge on any atom is -0.445 e. The number of rotatable bonds is 5. The minimum absolute atomic E-state index is 0.227. The van der Waals surface area contributed by atoms with E-state index in [1.807, 2.05) is 53.0 Å². The van der Waals surface area contributed by atoms with Crippen molar-refractivity contribution in [1.29, 1.82) is 0 Å². The van der Waals surface area contributed by atoms with Crippen LogP contribution in [0.5, 0.6) is 0 Å². The number of nitrogens with zero attached hydrogens (tertiary/aromatic N) is 3. The van der Waals surface area contributed by atoms with Gasteiger partial charge in [-0.1, -0.05) is 42.5 Å².